The van der Waals surface area contributed by atoms with Crippen LogP contribution in [0, 0.1) is 6.92 Å². The molecule has 2 heterocycles. The lowest BCUT2D eigenvalue weighted by atomic mass is 10.2. The minimum Gasteiger partial charge on any atom is -0.424 e. The normalized spacial score (nSPS) is 10.9. The maximum absolute atomic E-state index is 6.16. The highest BCUT2D eigenvalue weighted by atomic mass is 35.5. The first-order valence-corrected chi connectivity index (χ1v) is 10.7. The Labute approximate surface area is 175 Å². The van der Waals surface area contributed by atoms with E-state index in [9.17, 15) is 0 Å². The molecule has 0 radical (unpaired) electrons. The van der Waals surface area contributed by atoms with E-state index in [1.165, 1.54) is 23.1 Å². The summed E-state index contributed by atoms with van der Waals surface area (Å²) in [5, 5.41) is 21.3. The van der Waals surface area contributed by atoms with Gasteiger partial charge in [-0.3, -0.25) is 0 Å². The van der Waals surface area contributed by atoms with Crippen LogP contribution in [0.2, 0.25) is 5.02 Å². The van der Waals surface area contributed by atoms with Crippen molar-refractivity contribution in [2.75, 3.05) is 5.32 Å². The summed E-state index contributed by atoms with van der Waals surface area (Å²) < 4.78 is 6.55. The third kappa shape index (κ3) is 4.70. The number of anilines is 2. The van der Waals surface area contributed by atoms with Gasteiger partial charge in [0.25, 0.3) is 0 Å². The minimum absolute atomic E-state index is 0.548. The van der Waals surface area contributed by atoms with Gasteiger partial charge in [-0.2, -0.15) is 0 Å². The maximum Gasteiger partial charge on any atom is 0.226 e. The van der Waals surface area contributed by atoms with Crippen molar-refractivity contribution in [3.63, 3.8) is 0 Å². The standard InChI is InChI=1S/C19H16ClN5OS2/c1-12-14(20)8-5-9-15(12)21-18-24-25-19(28-18)27-11-17-23-22-16(26-17)10-13-6-3-2-4-7-13/h2-9H,10-11H2,1H3,(H,21,24). The first-order valence-electron chi connectivity index (χ1n) is 8.51. The number of rotatable bonds is 7. The first-order chi connectivity index (χ1) is 13.7. The lowest BCUT2D eigenvalue weighted by molar-refractivity contribution is 0.474. The van der Waals surface area contributed by atoms with Gasteiger partial charge >= 0.3 is 0 Å². The van der Waals surface area contributed by atoms with E-state index in [1.807, 2.05) is 55.5 Å². The van der Waals surface area contributed by atoms with Gasteiger partial charge in [0.15, 0.2) is 4.34 Å². The number of hydrogen-bond donors (Lipinski definition) is 1. The molecule has 0 saturated heterocycles. The molecular formula is C19H16ClN5OS2. The number of thioether (sulfide) groups is 1. The number of hydrogen-bond acceptors (Lipinski definition) is 8. The fourth-order valence-corrected chi connectivity index (χ4v) is 4.26. The summed E-state index contributed by atoms with van der Waals surface area (Å²) in [4.78, 5) is 0. The zero-order chi connectivity index (χ0) is 19.3. The summed E-state index contributed by atoms with van der Waals surface area (Å²) in [7, 11) is 0. The molecule has 0 saturated carbocycles. The molecule has 0 fully saturated rings. The zero-order valence-corrected chi connectivity index (χ0v) is 17.3. The van der Waals surface area contributed by atoms with Crippen molar-refractivity contribution in [2.24, 2.45) is 0 Å². The van der Waals surface area contributed by atoms with Crippen LogP contribution in [0.5, 0.6) is 0 Å². The van der Waals surface area contributed by atoms with Gasteiger partial charge in [-0.1, -0.05) is 71.1 Å². The molecule has 0 aliphatic heterocycles. The summed E-state index contributed by atoms with van der Waals surface area (Å²) in [6, 6.07) is 15.8. The smallest absolute Gasteiger partial charge is 0.226 e. The second-order valence-corrected chi connectivity index (χ2v) is 8.56. The molecule has 9 heteroatoms. The van der Waals surface area contributed by atoms with Crippen molar-refractivity contribution in [1.82, 2.24) is 20.4 Å². The predicted molar refractivity (Wildman–Crippen MR) is 112 cm³/mol. The molecule has 0 aliphatic rings. The Hall–Kier alpha value is -2.42. The van der Waals surface area contributed by atoms with E-state index in [0.29, 0.717) is 34.1 Å². The summed E-state index contributed by atoms with van der Waals surface area (Å²) >= 11 is 9.14. The van der Waals surface area contributed by atoms with Crippen LogP contribution in [0.25, 0.3) is 0 Å². The Bertz CT molecular complexity index is 1070. The molecule has 0 spiro atoms. The zero-order valence-electron chi connectivity index (χ0n) is 14.9. The van der Waals surface area contributed by atoms with Crippen LogP contribution in [0.15, 0.2) is 57.3 Å². The molecule has 0 atom stereocenters. The van der Waals surface area contributed by atoms with Crippen molar-refractivity contribution in [3.05, 3.63) is 76.5 Å². The molecule has 4 aromatic rings. The lowest BCUT2D eigenvalue weighted by Gasteiger charge is -2.06. The molecule has 4 rings (SSSR count). The van der Waals surface area contributed by atoms with Crippen molar-refractivity contribution < 1.29 is 4.42 Å². The largest absolute Gasteiger partial charge is 0.424 e. The van der Waals surface area contributed by atoms with Crippen molar-refractivity contribution in [2.45, 2.75) is 23.4 Å². The van der Waals surface area contributed by atoms with E-state index in [1.54, 1.807) is 0 Å². The topological polar surface area (TPSA) is 76.7 Å². The van der Waals surface area contributed by atoms with E-state index < -0.39 is 0 Å². The number of nitrogens with zero attached hydrogens (tertiary/aromatic N) is 4. The van der Waals surface area contributed by atoms with Crippen LogP contribution in [-0.2, 0) is 12.2 Å². The average Bonchev–Trinajstić information content (AvgIpc) is 3.34. The van der Waals surface area contributed by atoms with E-state index in [4.69, 9.17) is 16.0 Å². The molecule has 142 valence electrons. The second-order valence-electron chi connectivity index (χ2n) is 5.95. The number of nitrogens with one attached hydrogen (secondary N) is 1. The Morgan fingerprint density at radius 1 is 1.00 bits per heavy atom. The summed E-state index contributed by atoms with van der Waals surface area (Å²) in [5.41, 5.74) is 3.04. The van der Waals surface area contributed by atoms with Crippen LogP contribution in [0.3, 0.4) is 0 Å². The van der Waals surface area contributed by atoms with E-state index in [-0.39, 0.29) is 0 Å². The van der Waals surface area contributed by atoms with Crippen LogP contribution in [0.4, 0.5) is 10.8 Å². The molecule has 0 aliphatic carbocycles. The van der Waals surface area contributed by atoms with Gasteiger partial charge in [-0.15, -0.1) is 20.4 Å². The van der Waals surface area contributed by atoms with Crippen LogP contribution in [-0.4, -0.2) is 20.4 Å². The van der Waals surface area contributed by atoms with Crippen LogP contribution < -0.4 is 5.32 Å². The fourth-order valence-electron chi connectivity index (χ4n) is 2.49. The molecule has 2 aromatic carbocycles. The monoisotopic (exact) mass is 429 g/mol. The quantitative estimate of drug-likeness (QED) is 0.388. The van der Waals surface area contributed by atoms with Gasteiger partial charge in [-0.05, 0) is 30.2 Å². The summed E-state index contributed by atoms with van der Waals surface area (Å²) in [6.45, 7) is 1.96. The number of benzene rings is 2. The maximum atomic E-state index is 6.16. The van der Waals surface area contributed by atoms with E-state index in [0.717, 1.165) is 21.2 Å². The Morgan fingerprint density at radius 3 is 2.68 bits per heavy atom. The molecule has 0 amide bonds. The molecule has 28 heavy (non-hydrogen) atoms. The van der Waals surface area contributed by atoms with Crippen LogP contribution >= 0.6 is 34.7 Å². The van der Waals surface area contributed by atoms with Crippen molar-refractivity contribution in [1.29, 1.82) is 0 Å². The Balaban J connectivity index is 1.34. The molecular weight excluding hydrogens is 414 g/mol. The van der Waals surface area contributed by atoms with Gasteiger partial charge in [0.2, 0.25) is 16.9 Å². The first kappa shape index (κ1) is 18.9. The van der Waals surface area contributed by atoms with E-state index in [2.05, 4.69) is 25.7 Å². The van der Waals surface area contributed by atoms with Gasteiger partial charge < -0.3 is 9.73 Å². The third-order valence-electron chi connectivity index (χ3n) is 3.94. The molecule has 0 bridgehead atoms. The van der Waals surface area contributed by atoms with Crippen molar-refractivity contribution >= 4 is 45.5 Å². The highest BCUT2D eigenvalue weighted by molar-refractivity contribution is 8.00. The number of halogens is 1. The number of aromatic nitrogens is 4. The predicted octanol–water partition coefficient (Wildman–Crippen LogP) is 5.51. The van der Waals surface area contributed by atoms with E-state index >= 15 is 0 Å². The molecule has 2 aromatic heterocycles. The minimum atomic E-state index is 0.548. The Kier molecular flexibility index (Phi) is 5.90. The highest BCUT2D eigenvalue weighted by Gasteiger charge is 2.11. The second kappa shape index (κ2) is 8.72. The van der Waals surface area contributed by atoms with Gasteiger partial charge in [0, 0.05) is 10.7 Å². The average molecular weight is 430 g/mol. The SMILES string of the molecule is Cc1c(Cl)cccc1Nc1nnc(SCc2nnc(Cc3ccccc3)o2)s1. The van der Waals surface area contributed by atoms with Gasteiger partial charge in [-0.25, -0.2) is 0 Å². The lowest BCUT2D eigenvalue weighted by Crippen LogP contribution is -1.92. The molecule has 6 nitrogen and oxygen atoms in total. The fraction of sp³-hybridized carbons (Fsp3) is 0.158. The van der Waals surface area contributed by atoms with Gasteiger partial charge in [0.1, 0.15) is 0 Å². The Morgan fingerprint density at radius 2 is 1.82 bits per heavy atom. The van der Waals surface area contributed by atoms with Crippen LogP contribution in [0.1, 0.15) is 22.9 Å². The molecule has 1 N–H and O–H groups in total. The third-order valence-corrected chi connectivity index (χ3v) is 6.31. The highest BCUT2D eigenvalue weighted by Crippen LogP contribution is 2.31. The summed E-state index contributed by atoms with van der Waals surface area (Å²) in [6.07, 6.45) is 0.629. The van der Waals surface area contributed by atoms with Gasteiger partial charge in [0.05, 0.1) is 12.2 Å². The van der Waals surface area contributed by atoms with Crippen molar-refractivity contribution in [3.8, 4) is 0 Å². The summed E-state index contributed by atoms with van der Waals surface area (Å²) in [5.74, 6) is 1.73. The molecule has 0 unspecified atom stereocenters.